The zero-order valence-corrected chi connectivity index (χ0v) is 24.5. The highest BCUT2D eigenvalue weighted by atomic mass is 16.6. The number of nitrogens with zero attached hydrogens (tertiary/aromatic N) is 4. The average molecular weight is 558 g/mol. The smallest absolute Gasteiger partial charge is 0.404 e. The zero-order valence-electron chi connectivity index (χ0n) is 24.5. The summed E-state index contributed by atoms with van der Waals surface area (Å²) in [6.45, 7) is 7.68. The van der Waals surface area contributed by atoms with Crippen LogP contribution in [0.15, 0.2) is 42.5 Å². The van der Waals surface area contributed by atoms with E-state index in [1.165, 1.54) is 23.7 Å². The van der Waals surface area contributed by atoms with Gasteiger partial charge < -0.3 is 29.2 Å². The Morgan fingerprint density at radius 2 is 1.85 bits per heavy atom. The number of methoxy groups -OCH3 is 1. The van der Waals surface area contributed by atoms with Crippen molar-refractivity contribution in [2.75, 3.05) is 13.7 Å². The van der Waals surface area contributed by atoms with Gasteiger partial charge in [-0.2, -0.15) is 0 Å². The molecule has 1 saturated carbocycles. The van der Waals surface area contributed by atoms with E-state index in [1.807, 2.05) is 18.0 Å². The SMILES string of the molecule is COc1cc(C(=O)N2CCCC(OC(N)=O)[C@H]2C(C)(C)C)cc2nc(-c3cc4ccccc4n3CC3CC3)n(C)c12. The number of aromatic nitrogens is 3. The standard InChI is InChI=1S/C32H39N5O4/c1-32(2,3)28-25(41-31(33)39)11-8-14-36(28)30(38)21-15-22-27(26(17-21)40-5)35(4)29(34-22)24-16-20-9-6-7-10-23(20)37(24)18-19-12-13-19/h6-7,9-10,15-17,19,25,28H,8,11-14,18H2,1-5H3,(H2,33,39)/t25?,28-/m0/s1. The highest BCUT2D eigenvalue weighted by Crippen LogP contribution is 2.39. The molecule has 2 atom stereocenters. The Labute approximate surface area is 240 Å². The number of imidazole rings is 1. The lowest BCUT2D eigenvalue weighted by Crippen LogP contribution is -2.58. The first-order valence-corrected chi connectivity index (χ1v) is 14.5. The van der Waals surface area contributed by atoms with Crippen LogP contribution in [0.2, 0.25) is 0 Å². The zero-order chi connectivity index (χ0) is 29.1. The van der Waals surface area contributed by atoms with Crippen LogP contribution in [0.4, 0.5) is 4.79 Å². The van der Waals surface area contributed by atoms with Crippen LogP contribution in [0, 0.1) is 11.3 Å². The molecule has 2 fully saturated rings. The molecule has 2 aromatic heterocycles. The largest absolute Gasteiger partial charge is 0.494 e. The fourth-order valence-corrected chi connectivity index (χ4v) is 6.62. The summed E-state index contributed by atoms with van der Waals surface area (Å²) in [7, 11) is 3.62. The third-order valence-corrected chi connectivity index (χ3v) is 8.57. The number of nitrogens with two attached hydrogens (primary N) is 1. The number of para-hydroxylation sites is 1. The molecule has 3 heterocycles. The molecule has 1 aliphatic heterocycles. The summed E-state index contributed by atoms with van der Waals surface area (Å²) in [6.07, 6.45) is 2.60. The first kappa shape index (κ1) is 27.2. The van der Waals surface area contributed by atoms with Crippen molar-refractivity contribution in [3.05, 3.63) is 48.0 Å². The quantitative estimate of drug-likeness (QED) is 0.326. The maximum atomic E-state index is 14.1. The normalized spacial score (nSPS) is 19.6. The van der Waals surface area contributed by atoms with Crippen molar-refractivity contribution in [1.29, 1.82) is 0 Å². The highest BCUT2D eigenvalue weighted by molar-refractivity contribution is 6.00. The number of aryl methyl sites for hydroxylation is 1. The molecule has 1 aliphatic carbocycles. The number of piperidine rings is 1. The van der Waals surface area contributed by atoms with Gasteiger partial charge in [-0.05, 0) is 61.3 Å². The number of amides is 2. The van der Waals surface area contributed by atoms with Crippen molar-refractivity contribution in [2.24, 2.45) is 24.1 Å². The molecule has 9 nitrogen and oxygen atoms in total. The Kier molecular flexibility index (Phi) is 6.71. The van der Waals surface area contributed by atoms with Gasteiger partial charge in [-0.3, -0.25) is 4.79 Å². The van der Waals surface area contributed by atoms with Crippen LogP contribution in [0.5, 0.6) is 5.75 Å². The van der Waals surface area contributed by atoms with Gasteiger partial charge in [0.2, 0.25) is 0 Å². The van der Waals surface area contributed by atoms with Crippen molar-refractivity contribution in [3.63, 3.8) is 0 Å². The number of rotatable bonds is 6. The number of carbonyl (C=O) groups is 2. The van der Waals surface area contributed by atoms with Crippen molar-refractivity contribution >= 4 is 33.9 Å². The molecule has 1 saturated heterocycles. The van der Waals surface area contributed by atoms with E-state index in [4.69, 9.17) is 20.2 Å². The first-order chi connectivity index (χ1) is 19.6. The van der Waals surface area contributed by atoms with Gasteiger partial charge in [0.15, 0.2) is 5.82 Å². The number of likely N-dealkylation sites (tertiary alicyclic amines) is 1. The summed E-state index contributed by atoms with van der Waals surface area (Å²) >= 11 is 0. The van der Waals surface area contributed by atoms with E-state index in [1.54, 1.807) is 13.2 Å². The highest BCUT2D eigenvalue weighted by Gasteiger charge is 2.44. The minimum absolute atomic E-state index is 0.141. The lowest BCUT2D eigenvalue weighted by atomic mass is 9.78. The van der Waals surface area contributed by atoms with Crippen molar-refractivity contribution in [3.8, 4) is 17.3 Å². The van der Waals surface area contributed by atoms with Crippen molar-refractivity contribution < 1.29 is 19.1 Å². The van der Waals surface area contributed by atoms with Gasteiger partial charge in [-0.25, -0.2) is 9.78 Å². The molecule has 1 unspecified atom stereocenters. The monoisotopic (exact) mass is 557 g/mol. The lowest BCUT2D eigenvalue weighted by Gasteiger charge is -2.47. The number of hydrogen-bond acceptors (Lipinski definition) is 5. The van der Waals surface area contributed by atoms with Crippen LogP contribution in [0.3, 0.4) is 0 Å². The van der Waals surface area contributed by atoms with Gasteiger partial charge >= 0.3 is 6.09 Å². The molecule has 2 amide bonds. The molecular formula is C32H39N5O4. The molecule has 2 aromatic carbocycles. The summed E-state index contributed by atoms with van der Waals surface area (Å²) < 4.78 is 15.8. The summed E-state index contributed by atoms with van der Waals surface area (Å²) in [5, 5.41) is 1.18. The van der Waals surface area contributed by atoms with E-state index >= 15 is 0 Å². The lowest BCUT2D eigenvalue weighted by molar-refractivity contribution is -0.0352. The van der Waals surface area contributed by atoms with Crippen LogP contribution < -0.4 is 10.5 Å². The Morgan fingerprint density at radius 1 is 1.10 bits per heavy atom. The van der Waals surface area contributed by atoms with Crippen LogP contribution in [-0.2, 0) is 18.3 Å². The van der Waals surface area contributed by atoms with Gasteiger partial charge in [0.25, 0.3) is 5.91 Å². The maximum Gasteiger partial charge on any atom is 0.404 e. The first-order valence-electron chi connectivity index (χ1n) is 14.5. The van der Waals surface area contributed by atoms with Gasteiger partial charge in [-0.1, -0.05) is 39.0 Å². The molecule has 2 aliphatic rings. The van der Waals surface area contributed by atoms with Gasteiger partial charge in [-0.15, -0.1) is 0 Å². The van der Waals surface area contributed by atoms with Crippen LogP contribution in [-0.4, -0.2) is 56.8 Å². The van der Waals surface area contributed by atoms with E-state index in [2.05, 4.69) is 60.2 Å². The predicted octanol–water partition coefficient (Wildman–Crippen LogP) is 5.73. The molecule has 0 radical (unpaired) electrons. The molecule has 2 N–H and O–H groups in total. The molecular weight excluding hydrogens is 518 g/mol. The number of ether oxygens (including phenoxy) is 2. The Balaban J connectivity index is 1.44. The van der Waals surface area contributed by atoms with E-state index < -0.39 is 12.2 Å². The second kappa shape index (κ2) is 10.1. The van der Waals surface area contributed by atoms with E-state index in [0.717, 1.165) is 30.0 Å². The molecule has 9 heteroatoms. The molecule has 41 heavy (non-hydrogen) atoms. The second-order valence-electron chi connectivity index (χ2n) is 12.6. The molecule has 0 spiro atoms. The number of primary amides is 1. The van der Waals surface area contributed by atoms with Crippen LogP contribution in [0.25, 0.3) is 33.5 Å². The number of benzene rings is 2. The topological polar surface area (TPSA) is 105 Å². The van der Waals surface area contributed by atoms with Crippen molar-refractivity contribution in [2.45, 2.75) is 65.1 Å². The molecule has 216 valence electrons. The fourth-order valence-electron chi connectivity index (χ4n) is 6.62. The predicted molar refractivity (Wildman–Crippen MR) is 159 cm³/mol. The second-order valence-corrected chi connectivity index (χ2v) is 12.6. The third kappa shape index (κ3) is 4.91. The van der Waals surface area contributed by atoms with Gasteiger partial charge in [0, 0.05) is 36.6 Å². The van der Waals surface area contributed by atoms with Gasteiger partial charge in [0.05, 0.1) is 24.4 Å². The van der Waals surface area contributed by atoms with E-state index in [9.17, 15) is 9.59 Å². The Hall–Kier alpha value is -4.01. The summed E-state index contributed by atoms with van der Waals surface area (Å²) in [6, 6.07) is 14.0. The summed E-state index contributed by atoms with van der Waals surface area (Å²) in [5.74, 6) is 1.98. The minimum Gasteiger partial charge on any atom is -0.494 e. The fraction of sp³-hybridized carbons (Fsp3) is 0.469. The minimum atomic E-state index is -0.818. The summed E-state index contributed by atoms with van der Waals surface area (Å²) in [4.78, 5) is 32.7. The Bertz CT molecular complexity index is 1640. The number of fused-ring (bicyclic) bond motifs is 2. The molecule has 6 rings (SSSR count). The van der Waals surface area contributed by atoms with Crippen LogP contribution in [0.1, 0.15) is 56.8 Å². The number of carbonyl (C=O) groups excluding carboxylic acids is 2. The maximum absolute atomic E-state index is 14.1. The van der Waals surface area contributed by atoms with E-state index in [0.29, 0.717) is 35.7 Å². The van der Waals surface area contributed by atoms with Crippen LogP contribution >= 0.6 is 0 Å². The molecule has 4 aromatic rings. The number of hydrogen-bond donors (Lipinski definition) is 1. The van der Waals surface area contributed by atoms with Gasteiger partial charge in [0.1, 0.15) is 17.4 Å². The summed E-state index contributed by atoms with van der Waals surface area (Å²) in [5.41, 5.74) is 9.35. The van der Waals surface area contributed by atoms with Crippen molar-refractivity contribution in [1.82, 2.24) is 19.0 Å². The Morgan fingerprint density at radius 3 is 2.54 bits per heavy atom. The average Bonchev–Trinajstić information content (AvgIpc) is 3.60. The van der Waals surface area contributed by atoms with E-state index in [-0.39, 0.29) is 17.4 Å². The third-order valence-electron chi connectivity index (χ3n) is 8.57. The molecule has 0 bridgehead atoms.